The summed E-state index contributed by atoms with van der Waals surface area (Å²) in [6.45, 7) is 9.13. The minimum Gasteiger partial charge on any atom is -0.460 e. The Morgan fingerprint density at radius 2 is 1.67 bits per heavy atom. The van der Waals surface area contributed by atoms with E-state index < -0.39 is 11.1 Å². The molecule has 0 aliphatic carbocycles. The fourth-order valence-corrected chi connectivity index (χ4v) is 0.750. The van der Waals surface area contributed by atoms with Crippen LogP contribution < -0.4 is 5.73 Å². The predicted octanol–water partition coefficient (Wildman–Crippen LogP) is 1.46. The lowest BCUT2D eigenvalue weighted by Gasteiger charge is -2.23. The molecular weight excluding hydrogens is 154 g/mol. The van der Waals surface area contributed by atoms with Crippen LogP contribution in [0.2, 0.25) is 0 Å². The molecule has 0 aliphatic rings. The molecule has 0 aromatic rings. The molecule has 3 heteroatoms. The lowest BCUT2D eigenvalue weighted by molar-refractivity contribution is -0.155. The summed E-state index contributed by atoms with van der Waals surface area (Å²) in [5.41, 5.74) is 4.76. The van der Waals surface area contributed by atoms with E-state index in [1.165, 1.54) is 0 Å². The number of carbonyl (C=O) groups excluding carboxylic acids is 1. The molecule has 0 radical (unpaired) electrons. The van der Waals surface area contributed by atoms with E-state index >= 15 is 0 Å². The third kappa shape index (κ3) is 7.54. The summed E-state index contributed by atoms with van der Waals surface area (Å²) in [7, 11) is 0. The van der Waals surface area contributed by atoms with E-state index in [1.54, 1.807) is 13.8 Å². The SMILES string of the molecule is CC(C)(N)CC(=O)OC(C)(C)C. The van der Waals surface area contributed by atoms with E-state index in [0.29, 0.717) is 0 Å². The van der Waals surface area contributed by atoms with E-state index in [2.05, 4.69) is 0 Å². The third-order valence-corrected chi connectivity index (χ3v) is 1.02. The van der Waals surface area contributed by atoms with Crippen molar-refractivity contribution in [2.24, 2.45) is 5.73 Å². The van der Waals surface area contributed by atoms with Gasteiger partial charge in [0.25, 0.3) is 0 Å². The Bertz CT molecular complexity index is 144. The van der Waals surface area contributed by atoms with Gasteiger partial charge in [-0.25, -0.2) is 0 Å². The first-order chi connectivity index (χ1) is 5.10. The van der Waals surface area contributed by atoms with Crippen LogP contribution in [0.25, 0.3) is 0 Å². The van der Waals surface area contributed by atoms with Gasteiger partial charge in [0.15, 0.2) is 0 Å². The van der Waals surface area contributed by atoms with Crippen molar-refractivity contribution in [3.8, 4) is 0 Å². The number of esters is 1. The Morgan fingerprint density at radius 1 is 1.25 bits per heavy atom. The maximum absolute atomic E-state index is 11.2. The van der Waals surface area contributed by atoms with Crippen LogP contribution in [0.4, 0.5) is 0 Å². The molecule has 0 saturated carbocycles. The smallest absolute Gasteiger partial charge is 0.308 e. The van der Waals surface area contributed by atoms with Gasteiger partial charge in [0, 0.05) is 5.54 Å². The van der Waals surface area contributed by atoms with Crippen molar-refractivity contribution in [3.63, 3.8) is 0 Å². The Balaban J connectivity index is 3.92. The molecule has 0 atom stereocenters. The van der Waals surface area contributed by atoms with Crippen LogP contribution in [0.15, 0.2) is 0 Å². The lowest BCUT2D eigenvalue weighted by Crippen LogP contribution is -2.37. The van der Waals surface area contributed by atoms with Gasteiger partial charge in [0.2, 0.25) is 0 Å². The molecule has 0 aliphatic heterocycles. The fraction of sp³-hybridized carbons (Fsp3) is 0.889. The highest BCUT2D eigenvalue weighted by Crippen LogP contribution is 2.12. The zero-order valence-electron chi connectivity index (χ0n) is 8.60. The predicted molar refractivity (Wildman–Crippen MR) is 48.7 cm³/mol. The summed E-state index contributed by atoms with van der Waals surface area (Å²) in [5.74, 6) is -0.241. The van der Waals surface area contributed by atoms with Crippen molar-refractivity contribution in [3.05, 3.63) is 0 Å². The maximum Gasteiger partial charge on any atom is 0.308 e. The van der Waals surface area contributed by atoms with Gasteiger partial charge in [-0.05, 0) is 34.6 Å². The maximum atomic E-state index is 11.2. The number of carbonyl (C=O) groups is 1. The standard InChI is InChI=1S/C9H19NO2/c1-8(2,3)12-7(11)6-9(4,5)10/h6,10H2,1-5H3. The molecule has 0 saturated heterocycles. The largest absolute Gasteiger partial charge is 0.460 e. The lowest BCUT2D eigenvalue weighted by atomic mass is 10.0. The van der Waals surface area contributed by atoms with Gasteiger partial charge in [-0.15, -0.1) is 0 Å². The van der Waals surface area contributed by atoms with Gasteiger partial charge >= 0.3 is 5.97 Å². The van der Waals surface area contributed by atoms with E-state index in [4.69, 9.17) is 10.5 Å². The number of nitrogens with two attached hydrogens (primary N) is 1. The molecular formula is C9H19NO2. The number of hydrogen-bond donors (Lipinski definition) is 1. The molecule has 0 bridgehead atoms. The van der Waals surface area contributed by atoms with Crippen molar-refractivity contribution < 1.29 is 9.53 Å². The second kappa shape index (κ2) is 3.44. The highest BCUT2D eigenvalue weighted by atomic mass is 16.6. The Labute approximate surface area is 74.3 Å². The van der Waals surface area contributed by atoms with Crippen LogP contribution in [0.5, 0.6) is 0 Å². The van der Waals surface area contributed by atoms with Crippen LogP contribution in [0, 0.1) is 0 Å². The average Bonchev–Trinajstić information content (AvgIpc) is 1.49. The van der Waals surface area contributed by atoms with Gasteiger partial charge in [-0.1, -0.05) is 0 Å². The van der Waals surface area contributed by atoms with Crippen LogP contribution in [0.1, 0.15) is 41.0 Å². The third-order valence-electron chi connectivity index (χ3n) is 1.02. The van der Waals surface area contributed by atoms with Crippen LogP contribution in [0.3, 0.4) is 0 Å². The normalized spacial score (nSPS) is 12.8. The summed E-state index contributed by atoms with van der Waals surface area (Å²) in [6, 6.07) is 0. The Hall–Kier alpha value is -0.570. The van der Waals surface area contributed by atoms with E-state index in [-0.39, 0.29) is 12.4 Å². The first-order valence-corrected chi connectivity index (χ1v) is 4.11. The molecule has 0 aromatic heterocycles. The van der Waals surface area contributed by atoms with Gasteiger partial charge < -0.3 is 10.5 Å². The zero-order valence-corrected chi connectivity index (χ0v) is 8.60. The summed E-state index contributed by atoms with van der Waals surface area (Å²) in [5, 5.41) is 0. The molecule has 0 spiro atoms. The molecule has 3 nitrogen and oxygen atoms in total. The molecule has 2 N–H and O–H groups in total. The van der Waals surface area contributed by atoms with Gasteiger partial charge in [-0.3, -0.25) is 4.79 Å². The molecule has 0 rings (SSSR count). The average molecular weight is 173 g/mol. The van der Waals surface area contributed by atoms with Crippen molar-refractivity contribution in [1.82, 2.24) is 0 Å². The van der Waals surface area contributed by atoms with Crippen molar-refractivity contribution in [1.29, 1.82) is 0 Å². The van der Waals surface area contributed by atoms with E-state index in [1.807, 2.05) is 20.8 Å². The summed E-state index contributed by atoms with van der Waals surface area (Å²) < 4.78 is 5.09. The molecule has 72 valence electrons. The van der Waals surface area contributed by atoms with E-state index in [9.17, 15) is 4.79 Å². The molecule has 0 heterocycles. The van der Waals surface area contributed by atoms with Crippen LogP contribution in [-0.4, -0.2) is 17.1 Å². The first kappa shape index (κ1) is 11.4. The zero-order chi connectivity index (χ0) is 9.99. The summed E-state index contributed by atoms with van der Waals surface area (Å²) in [4.78, 5) is 11.2. The Morgan fingerprint density at radius 3 is 1.92 bits per heavy atom. The highest BCUT2D eigenvalue weighted by molar-refractivity contribution is 5.71. The number of ether oxygens (including phenoxy) is 1. The minimum absolute atomic E-state index is 0.241. The summed E-state index contributed by atoms with van der Waals surface area (Å²) in [6.07, 6.45) is 0.254. The molecule has 0 unspecified atom stereocenters. The summed E-state index contributed by atoms with van der Waals surface area (Å²) >= 11 is 0. The quantitative estimate of drug-likeness (QED) is 0.643. The molecule has 0 fully saturated rings. The highest BCUT2D eigenvalue weighted by Gasteiger charge is 2.22. The fourth-order valence-electron chi connectivity index (χ4n) is 0.750. The topological polar surface area (TPSA) is 52.3 Å². The molecule has 0 amide bonds. The molecule has 0 aromatic carbocycles. The first-order valence-electron chi connectivity index (χ1n) is 4.11. The van der Waals surface area contributed by atoms with Crippen molar-refractivity contribution in [2.45, 2.75) is 52.2 Å². The number of rotatable bonds is 2. The van der Waals surface area contributed by atoms with Crippen molar-refractivity contribution in [2.75, 3.05) is 0 Å². The molecule has 12 heavy (non-hydrogen) atoms. The monoisotopic (exact) mass is 173 g/mol. The van der Waals surface area contributed by atoms with Gasteiger partial charge in [-0.2, -0.15) is 0 Å². The minimum atomic E-state index is -0.484. The van der Waals surface area contributed by atoms with Crippen molar-refractivity contribution >= 4 is 5.97 Å². The van der Waals surface area contributed by atoms with E-state index in [0.717, 1.165) is 0 Å². The van der Waals surface area contributed by atoms with Crippen LogP contribution in [-0.2, 0) is 9.53 Å². The second-order valence-electron chi connectivity index (χ2n) is 4.75. The Kier molecular flexibility index (Phi) is 3.27. The van der Waals surface area contributed by atoms with Crippen LogP contribution >= 0.6 is 0 Å². The van der Waals surface area contributed by atoms with Gasteiger partial charge in [0.05, 0.1) is 6.42 Å². The number of hydrogen-bond acceptors (Lipinski definition) is 3. The second-order valence-corrected chi connectivity index (χ2v) is 4.75. The van der Waals surface area contributed by atoms with Gasteiger partial charge in [0.1, 0.15) is 5.60 Å².